The quantitative estimate of drug-likeness (QED) is 0.598. The molecule has 1 rings (SSSR count). The molecule has 0 heterocycles. The van der Waals surface area contributed by atoms with E-state index < -0.39 is 0 Å². The maximum absolute atomic E-state index is 5.30. The standard InChI is InChI=1S/C13H27NOS/c1-2-15-11-6-5-9-14-10-12-16-13-7-3-4-8-13/h13-14H,2-12H2,1H3. The van der Waals surface area contributed by atoms with E-state index in [0.717, 1.165) is 25.0 Å². The molecule has 0 amide bonds. The van der Waals surface area contributed by atoms with Gasteiger partial charge < -0.3 is 10.1 Å². The molecule has 3 heteroatoms. The lowest BCUT2D eigenvalue weighted by Gasteiger charge is -2.09. The second-order valence-corrected chi connectivity index (χ2v) is 5.84. The third kappa shape index (κ3) is 7.53. The van der Waals surface area contributed by atoms with Crippen LogP contribution in [-0.4, -0.2) is 37.3 Å². The van der Waals surface area contributed by atoms with Crippen molar-refractivity contribution in [2.45, 2.75) is 50.7 Å². The number of ether oxygens (including phenoxy) is 1. The van der Waals surface area contributed by atoms with Crippen molar-refractivity contribution in [3.8, 4) is 0 Å². The smallest absolute Gasteiger partial charge is 0.0466 e. The summed E-state index contributed by atoms with van der Waals surface area (Å²) in [6.45, 7) is 6.16. The SMILES string of the molecule is CCOCCCCNCCSC1CCCC1. The summed E-state index contributed by atoms with van der Waals surface area (Å²) in [6, 6.07) is 0. The van der Waals surface area contributed by atoms with Crippen molar-refractivity contribution < 1.29 is 4.74 Å². The fourth-order valence-corrected chi connectivity index (χ4v) is 3.34. The van der Waals surface area contributed by atoms with E-state index in [1.165, 1.54) is 50.8 Å². The van der Waals surface area contributed by atoms with Crippen molar-refractivity contribution in [3.63, 3.8) is 0 Å². The zero-order chi connectivity index (χ0) is 11.5. The van der Waals surface area contributed by atoms with Crippen LogP contribution >= 0.6 is 11.8 Å². The Hall–Kier alpha value is 0.270. The van der Waals surface area contributed by atoms with Gasteiger partial charge in [0, 0.05) is 30.8 Å². The monoisotopic (exact) mass is 245 g/mol. The van der Waals surface area contributed by atoms with Gasteiger partial charge in [0.05, 0.1) is 0 Å². The van der Waals surface area contributed by atoms with Gasteiger partial charge in [-0.25, -0.2) is 0 Å². The number of hydrogen-bond donors (Lipinski definition) is 1. The molecule has 0 spiro atoms. The van der Waals surface area contributed by atoms with Crippen LogP contribution in [0, 0.1) is 0 Å². The maximum atomic E-state index is 5.30. The Morgan fingerprint density at radius 2 is 2.00 bits per heavy atom. The Balaban J connectivity index is 1.71. The van der Waals surface area contributed by atoms with Crippen molar-refractivity contribution in [1.29, 1.82) is 0 Å². The van der Waals surface area contributed by atoms with Crippen molar-refractivity contribution in [2.24, 2.45) is 0 Å². The highest BCUT2D eigenvalue weighted by Crippen LogP contribution is 2.28. The molecular weight excluding hydrogens is 218 g/mol. The average molecular weight is 245 g/mol. The summed E-state index contributed by atoms with van der Waals surface area (Å²) >= 11 is 2.17. The van der Waals surface area contributed by atoms with Gasteiger partial charge in [0.2, 0.25) is 0 Å². The molecule has 0 unspecified atom stereocenters. The van der Waals surface area contributed by atoms with Gasteiger partial charge in [-0.1, -0.05) is 12.8 Å². The normalized spacial score (nSPS) is 17.1. The first-order valence-corrected chi connectivity index (χ1v) is 7.88. The number of nitrogens with one attached hydrogen (secondary N) is 1. The highest BCUT2D eigenvalue weighted by molar-refractivity contribution is 7.99. The van der Waals surface area contributed by atoms with E-state index in [9.17, 15) is 0 Å². The van der Waals surface area contributed by atoms with E-state index >= 15 is 0 Å². The van der Waals surface area contributed by atoms with Gasteiger partial charge in [-0.2, -0.15) is 11.8 Å². The van der Waals surface area contributed by atoms with Gasteiger partial charge in [-0.15, -0.1) is 0 Å². The van der Waals surface area contributed by atoms with E-state index in [0.29, 0.717) is 0 Å². The Bertz CT molecular complexity index is 149. The van der Waals surface area contributed by atoms with Gasteiger partial charge in [0.1, 0.15) is 0 Å². The van der Waals surface area contributed by atoms with Gasteiger partial charge in [-0.05, 0) is 39.2 Å². The van der Waals surface area contributed by atoms with E-state index in [1.54, 1.807) is 0 Å². The van der Waals surface area contributed by atoms with Gasteiger partial charge >= 0.3 is 0 Å². The average Bonchev–Trinajstić information content (AvgIpc) is 2.80. The van der Waals surface area contributed by atoms with Gasteiger partial charge in [0.25, 0.3) is 0 Å². The Morgan fingerprint density at radius 3 is 2.75 bits per heavy atom. The minimum absolute atomic E-state index is 0.853. The van der Waals surface area contributed by atoms with Crippen molar-refractivity contribution >= 4 is 11.8 Å². The summed E-state index contributed by atoms with van der Waals surface area (Å²) in [7, 11) is 0. The van der Waals surface area contributed by atoms with Crippen LogP contribution in [0.4, 0.5) is 0 Å². The Labute approximate surface area is 105 Å². The molecule has 96 valence electrons. The summed E-state index contributed by atoms with van der Waals surface area (Å²) in [5, 5.41) is 4.48. The third-order valence-corrected chi connectivity index (χ3v) is 4.41. The number of rotatable bonds is 10. The summed E-state index contributed by atoms with van der Waals surface area (Å²) < 4.78 is 5.30. The number of hydrogen-bond acceptors (Lipinski definition) is 3. The lowest BCUT2D eigenvalue weighted by atomic mass is 10.3. The molecule has 0 aliphatic heterocycles. The minimum Gasteiger partial charge on any atom is -0.382 e. The molecule has 16 heavy (non-hydrogen) atoms. The molecule has 1 aliphatic carbocycles. The van der Waals surface area contributed by atoms with Crippen molar-refractivity contribution in [1.82, 2.24) is 5.32 Å². The molecule has 2 nitrogen and oxygen atoms in total. The van der Waals surface area contributed by atoms with Crippen molar-refractivity contribution in [2.75, 3.05) is 32.1 Å². The van der Waals surface area contributed by atoms with E-state index in [2.05, 4.69) is 24.0 Å². The molecule has 1 N–H and O–H groups in total. The molecule has 0 aromatic heterocycles. The second kappa shape index (κ2) is 10.4. The first-order valence-electron chi connectivity index (χ1n) is 6.83. The summed E-state index contributed by atoms with van der Waals surface area (Å²) in [6.07, 6.45) is 8.27. The van der Waals surface area contributed by atoms with Gasteiger partial charge in [-0.3, -0.25) is 0 Å². The van der Waals surface area contributed by atoms with Crippen LogP contribution in [-0.2, 0) is 4.74 Å². The lowest BCUT2D eigenvalue weighted by molar-refractivity contribution is 0.143. The summed E-state index contributed by atoms with van der Waals surface area (Å²) in [4.78, 5) is 0. The molecule has 1 saturated carbocycles. The molecule has 0 aromatic rings. The lowest BCUT2D eigenvalue weighted by Crippen LogP contribution is -2.19. The highest BCUT2D eigenvalue weighted by Gasteiger charge is 2.14. The van der Waals surface area contributed by atoms with E-state index in [4.69, 9.17) is 4.74 Å². The number of unbranched alkanes of at least 4 members (excludes halogenated alkanes) is 1. The second-order valence-electron chi connectivity index (χ2n) is 4.43. The molecule has 0 radical (unpaired) electrons. The van der Waals surface area contributed by atoms with Crippen LogP contribution in [0.15, 0.2) is 0 Å². The van der Waals surface area contributed by atoms with E-state index in [1.807, 2.05) is 0 Å². The minimum atomic E-state index is 0.853. The zero-order valence-electron chi connectivity index (χ0n) is 10.7. The van der Waals surface area contributed by atoms with Crippen LogP contribution in [0.25, 0.3) is 0 Å². The maximum Gasteiger partial charge on any atom is 0.0466 e. The van der Waals surface area contributed by atoms with Gasteiger partial charge in [0.15, 0.2) is 0 Å². The third-order valence-electron chi connectivity index (χ3n) is 3.03. The summed E-state index contributed by atoms with van der Waals surface area (Å²) in [5.41, 5.74) is 0. The van der Waals surface area contributed by atoms with Crippen LogP contribution < -0.4 is 5.32 Å². The molecule has 1 aliphatic rings. The Morgan fingerprint density at radius 1 is 1.19 bits per heavy atom. The molecule has 1 fully saturated rings. The molecule has 0 bridgehead atoms. The molecule has 0 saturated heterocycles. The first-order chi connectivity index (χ1) is 7.93. The predicted octanol–water partition coefficient (Wildman–Crippen LogP) is 3.07. The predicted molar refractivity (Wildman–Crippen MR) is 73.3 cm³/mol. The fraction of sp³-hybridized carbons (Fsp3) is 1.00. The van der Waals surface area contributed by atoms with Crippen LogP contribution in [0.5, 0.6) is 0 Å². The fourth-order valence-electron chi connectivity index (χ4n) is 2.08. The number of thioether (sulfide) groups is 1. The summed E-state index contributed by atoms with van der Waals surface area (Å²) in [5.74, 6) is 1.29. The molecular formula is C13H27NOS. The van der Waals surface area contributed by atoms with Crippen LogP contribution in [0.3, 0.4) is 0 Å². The van der Waals surface area contributed by atoms with E-state index in [-0.39, 0.29) is 0 Å². The first kappa shape index (κ1) is 14.3. The van der Waals surface area contributed by atoms with Crippen molar-refractivity contribution in [3.05, 3.63) is 0 Å². The highest BCUT2D eigenvalue weighted by atomic mass is 32.2. The zero-order valence-corrected chi connectivity index (χ0v) is 11.5. The van der Waals surface area contributed by atoms with Crippen LogP contribution in [0.2, 0.25) is 0 Å². The molecule has 0 atom stereocenters. The largest absolute Gasteiger partial charge is 0.382 e. The van der Waals surface area contributed by atoms with Crippen LogP contribution in [0.1, 0.15) is 45.4 Å². The molecule has 0 aromatic carbocycles. The topological polar surface area (TPSA) is 21.3 Å². The Kier molecular flexibility index (Phi) is 9.34.